The van der Waals surface area contributed by atoms with Crippen molar-refractivity contribution in [3.8, 4) is 30.3 Å². The third-order valence-corrected chi connectivity index (χ3v) is 12.6. The molecule has 0 spiro atoms. The van der Waals surface area contributed by atoms with Crippen molar-refractivity contribution in [2.45, 2.75) is 137 Å². The fourth-order valence-electron chi connectivity index (χ4n) is 7.36. The Bertz CT molecular complexity index is 1340. The Labute approximate surface area is 458 Å². The third kappa shape index (κ3) is 75.7. The smallest absolute Gasteiger partial charge is 0.0917 e. The van der Waals surface area contributed by atoms with Crippen LogP contribution in [0.2, 0.25) is 0 Å². The molecular formula is C59H130N14+6. The van der Waals surface area contributed by atoms with E-state index in [0.717, 1.165) is 50.5 Å². The normalized spacial score (nSPS) is 11.6. The fourth-order valence-corrected chi connectivity index (χ4v) is 7.36. The van der Waals surface area contributed by atoms with Crippen LogP contribution in [-0.4, -0.2) is 267 Å². The lowest BCUT2D eigenvalue weighted by Gasteiger charge is -2.34. The number of likely N-dealkylation sites (N-methyl/N-ethyl adjacent to an activating group) is 2. The maximum atomic E-state index is 8.62. The number of hydrogen-bond acceptors (Lipinski definition) is 8. The number of nitriles is 5. The molecule has 0 saturated heterocycles. The van der Waals surface area contributed by atoms with Crippen LogP contribution in [0.1, 0.15) is 137 Å². The van der Waals surface area contributed by atoms with Crippen LogP contribution in [0, 0.1) is 56.7 Å². The van der Waals surface area contributed by atoms with Crippen molar-refractivity contribution in [2.75, 3.05) is 225 Å². The summed E-state index contributed by atoms with van der Waals surface area (Å²) in [5, 5.41) is 42.6. The molecule has 0 heterocycles. The van der Waals surface area contributed by atoms with Crippen LogP contribution in [0.4, 0.5) is 0 Å². The zero-order valence-corrected chi connectivity index (χ0v) is 53.4. The van der Waals surface area contributed by atoms with Gasteiger partial charge in [-0.1, -0.05) is 53.4 Å². The zero-order valence-electron chi connectivity index (χ0n) is 53.4. The van der Waals surface area contributed by atoms with Crippen molar-refractivity contribution in [3.63, 3.8) is 0 Å². The van der Waals surface area contributed by atoms with Crippen molar-refractivity contribution in [1.82, 2.24) is 14.7 Å². The highest BCUT2D eigenvalue weighted by Crippen LogP contribution is 2.12. The van der Waals surface area contributed by atoms with Crippen LogP contribution in [0.15, 0.2) is 0 Å². The standard InChI is InChI=1S/C13H27N2.C12H25N2.C10H15N4.C9H23N2.C8H21N2.C7H19N2/c1-4-6-11-15(3,12-7-5-2)13-9-8-10-14;1-4-6-10-14(3,11-7-5-2)12-8-9-13;1-14(8-2-5-11,9-3-6-12)10-4-7-13;1-10(2)8-6-7-9-11(3,4)5;1-9(2)7-6-8-10(3,4)5;1-8(2)6-7-9(3,4)5/h4-9,11-13H2,1-3H3;4-8,10-12H2,1-3H3;2-4,8-10H2,1H3;6-9H2,1-5H3;6-8H2,1-5H3;6-7H2,1-5H3/q6*+1. The van der Waals surface area contributed by atoms with E-state index in [9.17, 15) is 0 Å². The van der Waals surface area contributed by atoms with Crippen molar-refractivity contribution in [2.24, 2.45) is 0 Å². The summed E-state index contributed by atoms with van der Waals surface area (Å²) in [6.07, 6.45) is 18.1. The van der Waals surface area contributed by atoms with Crippen molar-refractivity contribution in [3.05, 3.63) is 0 Å². The molecule has 0 amide bonds. The van der Waals surface area contributed by atoms with Crippen LogP contribution < -0.4 is 0 Å². The Balaban J connectivity index is -0.000000186. The summed E-state index contributed by atoms with van der Waals surface area (Å²) in [7, 11) is 39.4. The molecule has 0 bridgehead atoms. The van der Waals surface area contributed by atoms with E-state index in [1.54, 1.807) is 0 Å². The number of rotatable bonds is 35. The number of nitrogens with zero attached hydrogens (tertiary/aromatic N) is 14. The Morgan fingerprint density at radius 3 is 0.753 bits per heavy atom. The highest BCUT2D eigenvalue weighted by molar-refractivity contribution is 4.73. The van der Waals surface area contributed by atoms with Gasteiger partial charge >= 0.3 is 0 Å². The molecule has 0 aliphatic rings. The Morgan fingerprint density at radius 1 is 0.260 bits per heavy atom. The molecule has 430 valence electrons. The molecule has 0 atom stereocenters. The minimum Gasteiger partial charge on any atom is -0.331 e. The number of quaternary nitrogens is 6. The molecule has 14 nitrogen and oxygen atoms in total. The molecule has 0 rings (SSSR count). The second-order valence-corrected chi connectivity index (χ2v) is 25.2. The Morgan fingerprint density at radius 2 is 0.507 bits per heavy atom. The molecule has 0 aliphatic heterocycles. The summed E-state index contributed by atoms with van der Waals surface area (Å²) in [6, 6.07) is 10.8. The van der Waals surface area contributed by atoms with Crippen LogP contribution in [0.5, 0.6) is 0 Å². The van der Waals surface area contributed by atoms with E-state index in [4.69, 9.17) is 26.3 Å². The van der Waals surface area contributed by atoms with Gasteiger partial charge in [0.1, 0.15) is 0 Å². The lowest BCUT2D eigenvalue weighted by molar-refractivity contribution is -0.910. The summed E-state index contributed by atoms with van der Waals surface area (Å²) >= 11 is 0. The first kappa shape index (κ1) is 81.5. The van der Waals surface area contributed by atoms with Gasteiger partial charge in [0.2, 0.25) is 0 Å². The molecule has 0 unspecified atom stereocenters. The lowest BCUT2D eigenvalue weighted by atomic mass is 10.2. The summed E-state index contributed by atoms with van der Waals surface area (Å²) in [5.41, 5.74) is 0. The summed E-state index contributed by atoms with van der Waals surface area (Å²) < 4.78 is 6.13. The molecule has 0 fully saturated rings. The maximum Gasteiger partial charge on any atom is 0.0917 e. The molecule has 0 saturated carbocycles. The Kier molecular flexibility index (Phi) is 57.1. The molecule has 0 N–H and O–H groups in total. The van der Waals surface area contributed by atoms with Gasteiger partial charge in [-0.25, -0.2) is 0 Å². The fraction of sp³-hybridized carbons (Fsp3) is 0.915. The summed E-state index contributed by atoms with van der Waals surface area (Å²) in [6.45, 7) is 25.7. The highest BCUT2D eigenvalue weighted by atomic mass is 15.3. The molecule has 0 aromatic carbocycles. The van der Waals surface area contributed by atoms with Crippen LogP contribution in [0.25, 0.3) is 0 Å². The first-order valence-corrected chi connectivity index (χ1v) is 28.5. The molecular weight excluding hydrogens is 905 g/mol. The van der Waals surface area contributed by atoms with Crippen molar-refractivity contribution < 1.29 is 26.9 Å². The molecule has 73 heavy (non-hydrogen) atoms. The van der Waals surface area contributed by atoms with Crippen LogP contribution in [-0.2, 0) is 0 Å². The van der Waals surface area contributed by atoms with Crippen LogP contribution in [0.3, 0.4) is 0 Å². The first-order chi connectivity index (χ1) is 33.8. The number of unbranched alkanes of at least 4 members (excludes halogenated alkanes) is 6. The van der Waals surface area contributed by atoms with E-state index in [2.05, 4.69) is 193 Å². The predicted molar refractivity (Wildman–Crippen MR) is 316 cm³/mol. The minimum atomic E-state index is 0.480. The van der Waals surface area contributed by atoms with Gasteiger partial charge < -0.3 is 41.6 Å². The van der Waals surface area contributed by atoms with E-state index in [1.165, 1.54) is 147 Å². The quantitative estimate of drug-likeness (QED) is 0.0454. The van der Waals surface area contributed by atoms with E-state index in [-0.39, 0.29) is 0 Å². The minimum absolute atomic E-state index is 0.480. The van der Waals surface area contributed by atoms with Gasteiger partial charge in [0.25, 0.3) is 0 Å². The maximum absolute atomic E-state index is 8.62. The molecule has 0 aliphatic carbocycles. The summed E-state index contributed by atoms with van der Waals surface area (Å²) in [5.74, 6) is 0. The van der Waals surface area contributed by atoms with Gasteiger partial charge in [-0.3, -0.25) is 0 Å². The van der Waals surface area contributed by atoms with Gasteiger partial charge in [-0.2, -0.15) is 26.3 Å². The largest absolute Gasteiger partial charge is 0.331 e. The summed E-state index contributed by atoms with van der Waals surface area (Å²) in [4.78, 5) is 6.69. The van der Waals surface area contributed by atoms with Gasteiger partial charge in [-0.05, 0) is 87.4 Å². The number of hydrogen-bond donors (Lipinski definition) is 0. The monoisotopic (exact) mass is 1040 g/mol. The lowest BCUT2D eigenvalue weighted by Crippen LogP contribution is -2.46. The average Bonchev–Trinajstić information content (AvgIpc) is 3.30. The zero-order chi connectivity index (χ0) is 57.9. The average molecular weight is 1040 g/mol. The van der Waals surface area contributed by atoms with Crippen molar-refractivity contribution >= 4 is 0 Å². The first-order valence-electron chi connectivity index (χ1n) is 28.5. The SMILES string of the molecule is CCCC[N+](C)(CCC#N)CCCC.CCCC[N+](C)(CCCC)CCCC#N.CN(C)CCCC[N+](C)(C)C.CN(C)CCC[N+](C)(C)C.CN(C)CC[N+](C)(C)C.C[N+](CCC#N)(CCC#N)CCC#N. The van der Waals surface area contributed by atoms with E-state index < -0.39 is 0 Å². The topological polar surface area (TPSA) is 129 Å². The van der Waals surface area contributed by atoms with Gasteiger partial charge in [-0.15, -0.1) is 0 Å². The predicted octanol–water partition coefficient (Wildman–Crippen LogP) is 9.39. The van der Waals surface area contributed by atoms with Gasteiger partial charge in [0, 0.05) is 32.4 Å². The van der Waals surface area contributed by atoms with Gasteiger partial charge in [0.15, 0.2) is 0 Å². The Hall–Kier alpha value is -2.91. The van der Waals surface area contributed by atoms with Gasteiger partial charge in [0.05, 0.1) is 219 Å². The second kappa shape index (κ2) is 51.2. The van der Waals surface area contributed by atoms with E-state index >= 15 is 0 Å². The molecule has 0 radical (unpaired) electrons. The van der Waals surface area contributed by atoms with E-state index in [1.807, 2.05) is 7.05 Å². The van der Waals surface area contributed by atoms with E-state index in [0.29, 0.717) is 36.6 Å². The molecule has 14 heteroatoms. The molecule has 0 aromatic rings. The van der Waals surface area contributed by atoms with Crippen LogP contribution >= 0.6 is 0 Å². The van der Waals surface area contributed by atoms with Crippen molar-refractivity contribution in [1.29, 1.82) is 26.3 Å². The highest BCUT2D eigenvalue weighted by Gasteiger charge is 2.21. The molecule has 0 aromatic heterocycles. The second-order valence-electron chi connectivity index (χ2n) is 25.2. The third-order valence-electron chi connectivity index (χ3n) is 12.6.